The summed E-state index contributed by atoms with van der Waals surface area (Å²) >= 11 is 0. The molecule has 96 valence electrons. The van der Waals surface area contributed by atoms with Crippen molar-refractivity contribution in [2.24, 2.45) is 17.6 Å². The van der Waals surface area contributed by atoms with Gasteiger partial charge in [0.05, 0.1) is 11.6 Å². The van der Waals surface area contributed by atoms with Gasteiger partial charge in [-0.15, -0.1) is 0 Å². The number of nitrogens with two attached hydrogens (primary N) is 1. The van der Waals surface area contributed by atoms with E-state index in [0.29, 0.717) is 5.92 Å². The molecule has 0 aliphatic carbocycles. The zero-order valence-electron chi connectivity index (χ0n) is 11.0. The summed E-state index contributed by atoms with van der Waals surface area (Å²) in [5, 5.41) is 9.10. The van der Waals surface area contributed by atoms with Crippen molar-refractivity contribution in [1.82, 2.24) is 4.90 Å². The number of nitrogens with zero attached hydrogens (tertiary/aromatic N) is 2. The van der Waals surface area contributed by atoms with E-state index in [1.54, 1.807) is 0 Å². The van der Waals surface area contributed by atoms with E-state index in [0.717, 1.165) is 43.2 Å². The summed E-state index contributed by atoms with van der Waals surface area (Å²) in [7, 11) is 0. The summed E-state index contributed by atoms with van der Waals surface area (Å²) < 4.78 is 0. The minimum Gasteiger partial charge on any atom is -0.330 e. The molecule has 3 heteroatoms. The first kappa shape index (κ1) is 13.1. The lowest BCUT2D eigenvalue weighted by molar-refractivity contribution is 0.126. The molecule has 0 spiro atoms. The Labute approximate surface area is 109 Å². The van der Waals surface area contributed by atoms with Gasteiger partial charge in [0.15, 0.2) is 0 Å². The van der Waals surface area contributed by atoms with Crippen LogP contribution in [0.2, 0.25) is 0 Å². The van der Waals surface area contributed by atoms with E-state index in [1.165, 1.54) is 6.42 Å². The zero-order chi connectivity index (χ0) is 13.0. The molecule has 1 aromatic rings. The number of likely N-dealkylation sites (tertiary alicyclic amines) is 1. The summed E-state index contributed by atoms with van der Waals surface area (Å²) in [6.45, 7) is 6.08. The smallest absolute Gasteiger partial charge is 0.0995 e. The highest BCUT2D eigenvalue weighted by Gasteiger charge is 2.25. The Bertz CT molecular complexity index is 436. The third-order valence-electron chi connectivity index (χ3n) is 4.03. The summed E-state index contributed by atoms with van der Waals surface area (Å²) in [5.41, 5.74) is 7.75. The Morgan fingerprint density at radius 3 is 2.94 bits per heavy atom. The first-order valence-corrected chi connectivity index (χ1v) is 6.65. The normalized spacial score (nSPS) is 24.7. The highest BCUT2D eigenvalue weighted by molar-refractivity contribution is 5.37. The molecule has 0 saturated carbocycles. The molecule has 3 nitrogen and oxygen atoms in total. The molecule has 0 amide bonds. The van der Waals surface area contributed by atoms with Gasteiger partial charge in [-0.2, -0.15) is 5.26 Å². The average molecular weight is 243 g/mol. The van der Waals surface area contributed by atoms with Crippen LogP contribution in [0.25, 0.3) is 0 Å². The molecule has 18 heavy (non-hydrogen) atoms. The lowest BCUT2D eigenvalue weighted by Gasteiger charge is -2.36. The van der Waals surface area contributed by atoms with Crippen molar-refractivity contribution in [3.63, 3.8) is 0 Å². The number of benzene rings is 1. The Balaban J connectivity index is 2.04. The summed E-state index contributed by atoms with van der Waals surface area (Å²) in [4.78, 5) is 2.42. The van der Waals surface area contributed by atoms with Crippen LogP contribution in [0.3, 0.4) is 0 Å². The van der Waals surface area contributed by atoms with E-state index in [2.05, 4.69) is 17.9 Å². The van der Waals surface area contributed by atoms with Gasteiger partial charge in [-0.05, 0) is 43.0 Å². The van der Waals surface area contributed by atoms with Gasteiger partial charge in [-0.3, -0.25) is 4.90 Å². The molecule has 2 N–H and O–H groups in total. The lowest BCUT2D eigenvalue weighted by atomic mass is 9.87. The van der Waals surface area contributed by atoms with Crippen molar-refractivity contribution in [1.29, 1.82) is 5.26 Å². The number of piperidine rings is 1. The maximum atomic E-state index is 9.10. The van der Waals surface area contributed by atoms with Gasteiger partial charge >= 0.3 is 0 Å². The molecule has 0 aromatic heterocycles. The maximum absolute atomic E-state index is 9.10. The fourth-order valence-corrected chi connectivity index (χ4v) is 2.68. The fraction of sp³-hybridized carbons (Fsp3) is 0.533. The quantitative estimate of drug-likeness (QED) is 0.883. The first-order valence-electron chi connectivity index (χ1n) is 6.65. The minimum absolute atomic E-state index is 0.591. The molecule has 2 unspecified atom stereocenters. The van der Waals surface area contributed by atoms with Gasteiger partial charge < -0.3 is 5.73 Å². The van der Waals surface area contributed by atoms with Crippen molar-refractivity contribution < 1.29 is 0 Å². The third kappa shape index (κ3) is 2.90. The second-order valence-electron chi connectivity index (χ2n) is 5.27. The van der Waals surface area contributed by atoms with E-state index in [9.17, 15) is 0 Å². The fourth-order valence-electron chi connectivity index (χ4n) is 2.68. The van der Waals surface area contributed by atoms with Crippen LogP contribution in [0.1, 0.15) is 24.5 Å². The van der Waals surface area contributed by atoms with Gasteiger partial charge in [-0.1, -0.05) is 25.1 Å². The van der Waals surface area contributed by atoms with E-state index < -0.39 is 0 Å². The van der Waals surface area contributed by atoms with E-state index >= 15 is 0 Å². The largest absolute Gasteiger partial charge is 0.330 e. The van der Waals surface area contributed by atoms with Gasteiger partial charge in [0.2, 0.25) is 0 Å². The lowest BCUT2D eigenvalue weighted by Crippen LogP contribution is -2.42. The molecule has 1 aliphatic heterocycles. The molecule has 2 rings (SSSR count). The number of rotatable bonds is 3. The van der Waals surface area contributed by atoms with Gasteiger partial charge in [0.1, 0.15) is 0 Å². The van der Waals surface area contributed by atoms with Crippen molar-refractivity contribution in [2.45, 2.75) is 19.9 Å². The van der Waals surface area contributed by atoms with Crippen molar-refractivity contribution in [3.8, 4) is 6.07 Å². The molecule has 1 aliphatic rings. The van der Waals surface area contributed by atoms with Gasteiger partial charge in [0, 0.05) is 13.1 Å². The highest BCUT2D eigenvalue weighted by Crippen LogP contribution is 2.24. The standard InChI is InChI=1S/C15H21N3/c1-12-6-7-18(11-15(12)9-17)10-14-5-3-2-4-13(14)8-16/h2-5,12,15H,6-7,9-11,17H2,1H3. The van der Waals surface area contributed by atoms with Crippen molar-refractivity contribution in [2.75, 3.05) is 19.6 Å². The van der Waals surface area contributed by atoms with Gasteiger partial charge in [-0.25, -0.2) is 0 Å². The van der Waals surface area contributed by atoms with Crippen LogP contribution in [0.15, 0.2) is 24.3 Å². The maximum Gasteiger partial charge on any atom is 0.0995 e. The van der Waals surface area contributed by atoms with Crippen molar-refractivity contribution >= 4 is 0 Å². The van der Waals surface area contributed by atoms with Crippen LogP contribution in [-0.2, 0) is 6.54 Å². The number of nitriles is 1. The average Bonchev–Trinajstić information content (AvgIpc) is 2.41. The number of hydrogen-bond acceptors (Lipinski definition) is 3. The van der Waals surface area contributed by atoms with E-state index in [4.69, 9.17) is 11.0 Å². The Kier molecular flexibility index (Phi) is 4.35. The van der Waals surface area contributed by atoms with Crippen LogP contribution >= 0.6 is 0 Å². The monoisotopic (exact) mass is 243 g/mol. The molecule has 1 fully saturated rings. The molecule has 2 atom stereocenters. The summed E-state index contributed by atoms with van der Waals surface area (Å²) in [6.07, 6.45) is 1.20. The number of hydrogen-bond donors (Lipinski definition) is 1. The summed E-state index contributed by atoms with van der Waals surface area (Å²) in [5.74, 6) is 1.31. The van der Waals surface area contributed by atoms with Crippen LogP contribution in [0.5, 0.6) is 0 Å². The summed E-state index contributed by atoms with van der Waals surface area (Å²) in [6, 6.07) is 10.1. The van der Waals surface area contributed by atoms with Gasteiger partial charge in [0.25, 0.3) is 0 Å². The van der Waals surface area contributed by atoms with Crippen LogP contribution in [0.4, 0.5) is 0 Å². The van der Waals surface area contributed by atoms with Crippen LogP contribution in [0, 0.1) is 23.2 Å². The van der Waals surface area contributed by atoms with E-state index in [-0.39, 0.29) is 0 Å². The van der Waals surface area contributed by atoms with E-state index in [1.807, 2.05) is 24.3 Å². The van der Waals surface area contributed by atoms with Crippen molar-refractivity contribution in [3.05, 3.63) is 35.4 Å². The molecular weight excluding hydrogens is 222 g/mol. The predicted molar refractivity (Wildman–Crippen MR) is 72.8 cm³/mol. The third-order valence-corrected chi connectivity index (χ3v) is 4.03. The van der Waals surface area contributed by atoms with Crippen LogP contribution < -0.4 is 5.73 Å². The second kappa shape index (κ2) is 5.99. The molecule has 0 radical (unpaired) electrons. The minimum atomic E-state index is 0.591. The zero-order valence-corrected chi connectivity index (χ0v) is 11.0. The molecule has 0 bridgehead atoms. The molecular formula is C15H21N3. The Hall–Kier alpha value is -1.37. The first-order chi connectivity index (χ1) is 8.74. The molecule has 1 aromatic carbocycles. The molecule has 1 saturated heterocycles. The topological polar surface area (TPSA) is 53.0 Å². The highest BCUT2D eigenvalue weighted by atomic mass is 15.1. The van der Waals surface area contributed by atoms with Crippen LogP contribution in [-0.4, -0.2) is 24.5 Å². The second-order valence-corrected chi connectivity index (χ2v) is 5.27. The Morgan fingerprint density at radius 2 is 2.22 bits per heavy atom. The SMILES string of the molecule is CC1CCN(Cc2ccccc2C#N)CC1CN. The Morgan fingerprint density at radius 1 is 1.44 bits per heavy atom. The predicted octanol–water partition coefficient (Wildman–Crippen LogP) is 1.97. The molecule has 1 heterocycles.